The van der Waals surface area contributed by atoms with Crippen LogP contribution in [-0.4, -0.2) is 37.0 Å². The molecule has 0 aliphatic carbocycles. The molecule has 0 heterocycles. The molecule has 0 aliphatic heterocycles. The van der Waals surface area contributed by atoms with Crippen molar-refractivity contribution in [3.05, 3.63) is 64.7 Å². The van der Waals surface area contributed by atoms with Crippen molar-refractivity contribution in [3.8, 4) is 5.75 Å². The fraction of sp³-hybridized carbons (Fsp3) is 0.409. The highest BCUT2D eigenvalue weighted by molar-refractivity contribution is 5.94. The molecule has 1 amide bonds. The van der Waals surface area contributed by atoms with E-state index in [1.165, 1.54) is 5.56 Å². The summed E-state index contributed by atoms with van der Waals surface area (Å²) in [4.78, 5) is 14.6. The first kappa shape index (κ1) is 20.0. The van der Waals surface area contributed by atoms with Crippen molar-refractivity contribution >= 4 is 5.91 Å². The summed E-state index contributed by atoms with van der Waals surface area (Å²) in [6.07, 6.45) is 0. The van der Waals surface area contributed by atoms with Gasteiger partial charge in [-0.3, -0.25) is 9.69 Å². The van der Waals surface area contributed by atoms with E-state index in [2.05, 4.69) is 24.1 Å². The minimum atomic E-state index is -0.0653. The van der Waals surface area contributed by atoms with E-state index < -0.39 is 0 Å². The van der Waals surface area contributed by atoms with E-state index in [4.69, 9.17) is 4.74 Å². The minimum absolute atomic E-state index is 0.0653. The van der Waals surface area contributed by atoms with Crippen LogP contribution in [0.5, 0.6) is 5.75 Å². The molecular formula is C22H30N2O2. The summed E-state index contributed by atoms with van der Waals surface area (Å²) in [7, 11) is 0. The number of nitrogens with one attached hydrogen (secondary N) is 1. The Balaban J connectivity index is 1.81. The molecule has 4 heteroatoms. The molecule has 0 aromatic heterocycles. The van der Waals surface area contributed by atoms with Gasteiger partial charge in [0.1, 0.15) is 12.4 Å². The summed E-state index contributed by atoms with van der Waals surface area (Å²) in [5, 5.41) is 2.92. The Morgan fingerprint density at radius 2 is 1.62 bits per heavy atom. The number of nitrogens with zero attached hydrogens (tertiary/aromatic N) is 1. The Hall–Kier alpha value is -2.33. The van der Waals surface area contributed by atoms with E-state index in [9.17, 15) is 4.79 Å². The van der Waals surface area contributed by atoms with Gasteiger partial charge in [0, 0.05) is 12.1 Å². The summed E-state index contributed by atoms with van der Waals surface area (Å²) < 4.78 is 5.82. The van der Waals surface area contributed by atoms with Crippen molar-refractivity contribution in [1.29, 1.82) is 0 Å². The molecule has 2 aromatic carbocycles. The van der Waals surface area contributed by atoms with Crippen LogP contribution in [0.2, 0.25) is 0 Å². The van der Waals surface area contributed by atoms with E-state index in [1.54, 1.807) is 0 Å². The Labute approximate surface area is 157 Å². The fourth-order valence-corrected chi connectivity index (χ4v) is 2.91. The monoisotopic (exact) mass is 354 g/mol. The smallest absolute Gasteiger partial charge is 0.251 e. The number of aryl methyl sites for hydroxylation is 2. The van der Waals surface area contributed by atoms with Gasteiger partial charge in [0.05, 0.1) is 6.54 Å². The van der Waals surface area contributed by atoms with E-state index in [0.29, 0.717) is 18.7 Å². The third-order valence-electron chi connectivity index (χ3n) is 4.56. The van der Waals surface area contributed by atoms with Crippen molar-refractivity contribution in [2.45, 2.75) is 34.2 Å². The van der Waals surface area contributed by atoms with Gasteiger partial charge in [-0.25, -0.2) is 0 Å². The van der Waals surface area contributed by atoms with Gasteiger partial charge in [-0.15, -0.1) is 0 Å². The number of hydrogen-bond donors (Lipinski definition) is 1. The molecule has 1 N–H and O–H groups in total. The predicted molar refractivity (Wildman–Crippen MR) is 107 cm³/mol. The van der Waals surface area contributed by atoms with Crippen LogP contribution in [0.15, 0.2) is 42.5 Å². The second-order valence-corrected chi connectivity index (χ2v) is 6.48. The lowest BCUT2D eigenvalue weighted by Crippen LogP contribution is -2.28. The average Bonchev–Trinajstić information content (AvgIpc) is 2.65. The number of ether oxygens (including phenoxy) is 1. The second kappa shape index (κ2) is 9.97. The maximum atomic E-state index is 12.3. The fourth-order valence-electron chi connectivity index (χ4n) is 2.91. The van der Waals surface area contributed by atoms with Crippen LogP contribution >= 0.6 is 0 Å². The molecule has 0 bridgehead atoms. The standard InChI is InChI=1S/C22H30N2O2/c1-5-24(6-2)16-19-10-12-20(13-11-19)22(25)23-14-15-26-21-17(3)8-7-9-18(21)4/h7-13H,5-6,14-16H2,1-4H3,(H,23,25). The average molecular weight is 354 g/mol. The highest BCUT2D eigenvalue weighted by Gasteiger charge is 2.07. The molecule has 0 fully saturated rings. The number of hydrogen-bond acceptors (Lipinski definition) is 3. The molecule has 0 saturated carbocycles. The van der Waals surface area contributed by atoms with Gasteiger partial charge in [0.2, 0.25) is 0 Å². The van der Waals surface area contributed by atoms with Crippen molar-refractivity contribution in [1.82, 2.24) is 10.2 Å². The van der Waals surface area contributed by atoms with E-state index in [0.717, 1.165) is 36.5 Å². The number of para-hydroxylation sites is 1. The number of benzene rings is 2. The first-order chi connectivity index (χ1) is 12.5. The van der Waals surface area contributed by atoms with Crippen molar-refractivity contribution < 1.29 is 9.53 Å². The topological polar surface area (TPSA) is 41.6 Å². The first-order valence-electron chi connectivity index (χ1n) is 9.33. The lowest BCUT2D eigenvalue weighted by molar-refractivity contribution is 0.0947. The van der Waals surface area contributed by atoms with Gasteiger partial charge in [0.25, 0.3) is 5.91 Å². The Kier molecular flexibility index (Phi) is 7.67. The first-order valence-corrected chi connectivity index (χ1v) is 9.33. The van der Waals surface area contributed by atoms with E-state index in [-0.39, 0.29) is 5.91 Å². The molecule has 0 radical (unpaired) electrons. The molecule has 140 valence electrons. The zero-order valence-corrected chi connectivity index (χ0v) is 16.3. The highest BCUT2D eigenvalue weighted by Crippen LogP contribution is 2.21. The van der Waals surface area contributed by atoms with Crippen molar-refractivity contribution in [2.24, 2.45) is 0 Å². The van der Waals surface area contributed by atoms with Crippen LogP contribution in [0.4, 0.5) is 0 Å². The molecule has 0 aliphatic rings. The molecule has 0 atom stereocenters. The van der Waals surface area contributed by atoms with Crippen molar-refractivity contribution in [3.63, 3.8) is 0 Å². The van der Waals surface area contributed by atoms with Crippen LogP contribution in [-0.2, 0) is 6.54 Å². The van der Waals surface area contributed by atoms with Crippen LogP contribution in [0.25, 0.3) is 0 Å². The predicted octanol–water partition coefficient (Wildman–Crippen LogP) is 3.95. The number of carbonyl (C=O) groups excluding carboxylic acids is 1. The minimum Gasteiger partial charge on any atom is -0.491 e. The molecule has 0 saturated heterocycles. The van der Waals surface area contributed by atoms with Gasteiger partial charge in [-0.05, 0) is 55.8 Å². The Morgan fingerprint density at radius 1 is 1.00 bits per heavy atom. The quantitative estimate of drug-likeness (QED) is 0.693. The van der Waals surface area contributed by atoms with Crippen LogP contribution < -0.4 is 10.1 Å². The Morgan fingerprint density at radius 3 is 2.19 bits per heavy atom. The van der Waals surface area contributed by atoms with Crippen LogP contribution in [0.1, 0.15) is 40.9 Å². The van der Waals surface area contributed by atoms with E-state index in [1.807, 2.05) is 56.3 Å². The lowest BCUT2D eigenvalue weighted by atomic mass is 10.1. The molecule has 26 heavy (non-hydrogen) atoms. The molecule has 2 rings (SSSR count). The van der Waals surface area contributed by atoms with Gasteiger partial charge < -0.3 is 10.1 Å². The normalized spacial score (nSPS) is 10.8. The van der Waals surface area contributed by atoms with Gasteiger partial charge in [-0.1, -0.05) is 44.2 Å². The van der Waals surface area contributed by atoms with Gasteiger partial charge >= 0.3 is 0 Å². The highest BCUT2D eigenvalue weighted by atomic mass is 16.5. The van der Waals surface area contributed by atoms with Gasteiger partial charge in [-0.2, -0.15) is 0 Å². The summed E-state index contributed by atoms with van der Waals surface area (Å²) in [5.74, 6) is 0.840. The third-order valence-corrected chi connectivity index (χ3v) is 4.56. The SMILES string of the molecule is CCN(CC)Cc1ccc(C(=O)NCCOc2c(C)cccc2C)cc1. The molecule has 0 unspecified atom stereocenters. The largest absolute Gasteiger partial charge is 0.491 e. The van der Waals surface area contributed by atoms with Gasteiger partial charge in [0.15, 0.2) is 0 Å². The second-order valence-electron chi connectivity index (χ2n) is 6.48. The van der Waals surface area contributed by atoms with Crippen molar-refractivity contribution in [2.75, 3.05) is 26.2 Å². The van der Waals surface area contributed by atoms with Crippen LogP contribution in [0.3, 0.4) is 0 Å². The summed E-state index contributed by atoms with van der Waals surface area (Å²) in [6.45, 7) is 12.3. The maximum Gasteiger partial charge on any atom is 0.251 e. The molecule has 2 aromatic rings. The molecular weight excluding hydrogens is 324 g/mol. The summed E-state index contributed by atoms with van der Waals surface area (Å²) >= 11 is 0. The number of rotatable bonds is 9. The van der Waals surface area contributed by atoms with E-state index >= 15 is 0 Å². The summed E-state index contributed by atoms with van der Waals surface area (Å²) in [6, 6.07) is 13.9. The zero-order valence-electron chi connectivity index (χ0n) is 16.3. The maximum absolute atomic E-state index is 12.3. The number of carbonyl (C=O) groups is 1. The molecule has 4 nitrogen and oxygen atoms in total. The summed E-state index contributed by atoms with van der Waals surface area (Å²) in [5.41, 5.74) is 4.13. The third kappa shape index (κ3) is 5.60. The molecule has 0 spiro atoms. The Bertz CT molecular complexity index is 686. The lowest BCUT2D eigenvalue weighted by Gasteiger charge is -2.18. The zero-order chi connectivity index (χ0) is 18.9. The van der Waals surface area contributed by atoms with Crippen LogP contribution in [0, 0.1) is 13.8 Å². The number of amides is 1.